The Bertz CT molecular complexity index is 1960. The van der Waals surface area contributed by atoms with Gasteiger partial charge in [-0.15, -0.1) is 0 Å². The quantitative estimate of drug-likeness (QED) is 0.221. The SMILES string of the molecule is C=CC1=C(C)C(=O)N=C1C=c1[nH]/c(=C/c2[nH]c(/C=C3\NC(=O)C(C)=C3C=C)c(C)c2CC(OC)C(=O)O)c(CC(OC)C(=O)O)c1C. The summed E-state index contributed by atoms with van der Waals surface area (Å²) in [4.78, 5) is 59.5. The van der Waals surface area contributed by atoms with E-state index in [1.807, 2.05) is 13.8 Å². The standard InChI is InChI=1S/C35H38N4O8/c1-9-20-18(5)32(40)38-26(20)13-24-16(3)22(11-30(46-7)34(42)43)28(36-24)15-29-23(12-31(47-8)35(44)45)17(4)25(37-29)14-27-21(10-2)19(6)33(41)39-27/h9-10,13-15,30-31,36-37H,1-2,11-12H2,3-8H3,(H,38,40)(H,42,43)(H,44,45)/b25-14?,26-13-,29-15+. The zero-order chi connectivity index (χ0) is 34.7. The van der Waals surface area contributed by atoms with E-state index in [0.29, 0.717) is 72.5 Å². The maximum Gasteiger partial charge on any atom is 0.333 e. The van der Waals surface area contributed by atoms with Crippen molar-refractivity contribution in [3.63, 3.8) is 0 Å². The van der Waals surface area contributed by atoms with Gasteiger partial charge in [0.15, 0.2) is 12.2 Å². The van der Waals surface area contributed by atoms with E-state index < -0.39 is 24.1 Å². The molecule has 2 atom stereocenters. The number of aromatic amines is 2. The fourth-order valence-electron chi connectivity index (χ4n) is 5.67. The molecule has 0 radical (unpaired) electrons. The molecule has 2 aliphatic rings. The number of rotatable bonds is 13. The van der Waals surface area contributed by atoms with Gasteiger partial charge in [-0.1, -0.05) is 25.3 Å². The van der Waals surface area contributed by atoms with Crippen LogP contribution in [-0.2, 0) is 41.5 Å². The summed E-state index contributed by atoms with van der Waals surface area (Å²) < 4.78 is 10.5. The van der Waals surface area contributed by atoms with Crippen LogP contribution >= 0.6 is 0 Å². The summed E-state index contributed by atoms with van der Waals surface area (Å²) in [5.41, 5.74) is 7.04. The number of carboxylic acids is 2. The minimum atomic E-state index is -1.16. The molecule has 2 unspecified atom stereocenters. The van der Waals surface area contributed by atoms with Gasteiger partial charge in [0.2, 0.25) is 0 Å². The van der Waals surface area contributed by atoms with Crippen molar-refractivity contribution in [3.05, 3.63) is 97.6 Å². The van der Waals surface area contributed by atoms with E-state index >= 15 is 0 Å². The molecule has 4 rings (SSSR count). The van der Waals surface area contributed by atoms with Crippen LogP contribution in [0.1, 0.15) is 47.5 Å². The summed E-state index contributed by atoms with van der Waals surface area (Å²) in [6.07, 6.45) is 6.09. The molecular formula is C35H38N4O8. The fourth-order valence-corrected chi connectivity index (χ4v) is 5.67. The van der Waals surface area contributed by atoms with E-state index in [0.717, 1.165) is 5.56 Å². The first kappa shape index (κ1) is 34.5. The Labute approximate surface area is 271 Å². The van der Waals surface area contributed by atoms with Crippen molar-refractivity contribution in [3.8, 4) is 0 Å². The maximum atomic E-state index is 12.4. The highest BCUT2D eigenvalue weighted by Gasteiger charge is 2.26. The minimum absolute atomic E-state index is 0.00296. The highest BCUT2D eigenvalue weighted by molar-refractivity contribution is 6.32. The number of aliphatic carboxylic acids is 2. The number of hydrogen-bond acceptors (Lipinski definition) is 6. The lowest BCUT2D eigenvalue weighted by molar-refractivity contribution is -0.149. The number of carbonyl (C=O) groups is 4. The highest BCUT2D eigenvalue weighted by Crippen LogP contribution is 2.28. The number of ether oxygens (including phenoxy) is 2. The van der Waals surface area contributed by atoms with Crippen LogP contribution in [0.4, 0.5) is 0 Å². The first-order valence-corrected chi connectivity index (χ1v) is 14.7. The summed E-state index contributed by atoms with van der Waals surface area (Å²) in [7, 11) is 2.64. The lowest BCUT2D eigenvalue weighted by atomic mass is 10.0. The van der Waals surface area contributed by atoms with Gasteiger partial charge < -0.3 is 35.0 Å². The Morgan fingerprint density at radius 2 is 1.38 bits per heavy atom. The predicted molar refractivity (Wildman–Crippen MR) is 177 cm³/mol. The van der Waals surface area contributed by atoms with Crippen LogP contribution in [0.15, 0.2) is 58.3 Å². The molecule has 47 heavy (non-hydrogen) atoms. The Balaban J connectivity index is 2.00. The molecule has 0 bridgehead atoms. The van der Waals surface area contributed by atoms with Crippen LogP contribution in [0.2, 0.25) is 0 Å². The van der Waals surface area contributed by atoms with E-state index in [2.05, 4.69) is 33.4 Å². The van der Waals surface area contributed by atoms with E-state index in [1.54, 1.807) is 44.2 Å². The molecule has 12 nitrogen and oxygen atoms in total. The van der Waals surface area contributed by atoms with E-state index in [-0.39, 0.29) is 24.7 Å². The molecule has 0 spiro atoms. The Morgan fingerprint density at radius 3 is 1.94 bits per heavy atom. The zero-order valence-electron chi connectivity index (χ0n) is 27.2. The van der Waals surface area contributed by atoms with Gasteiger partial charge in [0.05, 0.1) is 11.4 Å². The Morgan fingerprint density at radius 1 is 0.787 bits per heavy atom. The molecule has 5 N–H and O–H groups in total. The molecule has 0 aromatic carbocycles. The molecule has 2 aromatic rings. The second kappa shape index (κ2) is 14.0. The third-order valence-corrected chi connectivity index (χ3v) is 8.57. The van der Waals surface area contributed by atoms with Crippen molar-refractivity contribution < 1.29 is 38.9 Å². The zero-order valence-corrected chi connectivity index (χ0v) is 27.2. The predicted octanol–water partition coefficient (Wildman–Crippen LogP) is 2.31. The van der Waals surface area contributed by atoms with Crippen molar-refractivity contribution in [2.24, 2.45) is 4.99 Å². The summed E-state index contributed by atoms with van der Waals surface area (Å²) in [5.74, 6) is -2.89. The topological polar surface area (TPSA) is 183 Å². The first-order valence-electron chi connectivity index (χ1n) is 14.7. The van der Waals surface area contributed by atoms with Gasteiger partial charge in [0.25, 0.3) is 11.8 Å². The summed E-state index contributed by atoms with van der Waals surface area (Å²) in [5, 5.41) is 23.6. The number of aliphatic imine (C=N–C) groups is 1. The van der Waals surface area contributed by atoms with Gasteiger partial charge in [-0.2, -0.15) is 0 Å². The van der Waals surface area contributed by atoms with Gasteiger partial charge in [0.1, 0.15) is 0 Å². The number of nitrogens with zero attached hydrogens (tertiary/aromatic N) is 1. The van der Waals surface area contributed by atoms with Gasteiger partial charge in [-0.05, 0) is 68.2 Å². The van der Waals surface area contributed by atoms with Crippen LogP contribution in [0.5, 0.6) is 0 Å². The van der Waals surface area contributed by atoms with E-state index in [4.69, 9.17) is 9.47 Å². The van der Waals surface area contributed by atoms with Crippen LogP contribution in [0, 0.1) is 13.8 Å². The van der Waals surface area contributed by atoms with Crippen LogP contribution in [0.3, 0.4) is 0 Å². The number of H-pyrrole nitrogens is 2. The number of allylic oxidation sites excluding steroid dienone is 3. The number of amides is 2. The summed E-state index contributed by atoms with van der Waals surface area (Å²) in [6.45, 7) is 14.7. The number of hydrogen-bond donors (Lipinski definition) is 5. The molecule has 0 saturated carbocycles. The largest absolute Gasteiger partial charge is 0.479 e. The van der Waals surface area contributed by atoms with Crippen molar-refractivity contribution >= 4 is 47.7 Å². The molecular weight excluding hydrogens is 604 g/mol. The molecule has 2 amide bonds. The second-order valence-electron chi connectivity index (χ2n) is 11.2. The van der Waals surface area contributed by atoms with Crippen molar-refractivity contribution in [1.82, 2.24) is 15.3 Å². The molecule has 12 heteroatoms. The number of aromatic nitrogens is 2. The normalized spacial score (nSPS) is 17.9. The third-order valence-electron chi connectivity index (χ3n) is 8.57. The monoisotopic (exact) mass is 642 g/mol. The van der Waals surface area contributed by atoms with Crippen molar-refractivity contribution in [2.45, 2.75) is 52.7 Å². The first-order chi connectivity index (χ1) is 22.3. The molecule has 0 fully saturated rings. The number of nitrogens with one attached hydrogen (secondary N) is 3. The smallest absolute Gasteiger partial charge is 0.333 e. The van der Waals surface area contributed by atoms with Crippen LogP contribution < -0.4 is 16.0 Å². The minimum Gasteiger partial charge on any atom is -0.479 e. The third kappa shape index (κ3) is 6.79. The molecule has 0 aliphatic carbocycles. The molecule has 2 aliphatic heterocycles. The maximum absolute atomic E-state index is 12.4. The molecule has 246 valence electrons. The average Bonchev–Trinajstić information content (AvgIpc) is 3.67. The van der Waals surface area contributed by atoms with Crippen LogP contribution in [-0.4, -0.2) is 76.1 Å². The summed E-state index contributed by atoms with van der Waals surface area (Å²) in [6, 6.07) is 0. The van der Waals surface area contributed by atoms with Crippen molar-refractivity contribution in [1.29, 1.82) is 0 Å². The van der Waals surface area contributed by atoms with E-state index in [1.165, 1.54) is 14.2 Å². The Kier molecular flexibility index (Phi) is 10.3. The lowest BCUT2D eigenvalue weighted by Gasteiger charge is -2.12. The second-order valence-corrected chi connectivity index (χ2v) is 11.2. The number of carboxylic acid groups (broad SMARTS) is 2. The number of carbonyl (C=O) groups excluding carboxylic acids is 2. The average molecular weight is 643 g/mol. The fraction of sp³-hybridized carbons (Fsp3) is 0.286. The van der Waals surface area contributed by atoms with Crippen LogP contribution in [0.25, 0.3) is 18.2 Å². The van der Waals surface area contributed by atoms with Gasteiger partial charge in [0, 0.05) is 71.4 Å². The van der Waals surface area contributed by atoms with E-state index in [9.17, 15) is 29.4 Å². The lowest BCUT2D eigenvalue weighted by Crippen LogP contribution is -2.27. The van der Waals surface area contributed by atoms with Crippen molar-refractivity contribution in [2.75, 3.05) is 14.2 Å². The van der Waals surface area contributed by atoms with Gasteiger partial charge in [-0.3, -0.25) is 9.59 Å². The summed E-state index contributed by atoms with van der Waals surface area (Å²) >= 11 is 0. The molecule has 4 heterocycles. The van der Waals surface area contributed by atoms with Gasteiger partial charge in [-0.25, -0.2) is 14.6 Å². The molecule has 2 aromatic heterocycles. The number of methoxy groups -OCH3 is 2. The Hall–Kier alpha value is -5.33. The highest BCUT2D eigenvalue weighted by atomic mass is 16.5. The molecule has 0 saturated heterocycles. The van der Waals surface area contributed by atoms with Gasteiger partial charge >= 0.3 is 11.9 Å².